The Hall–Kier alpha value is -2.83. The molecule has 1 aromatic carbocycles. The summed E-state index contributed by atoms with van der Waals surface area (Å²) < 4.78 is 7.35. The first-order valence-corrected chi connectivity index (χ1v) is 8.01. The molecule has 0 saturated heterocycles. The van der Waals surface area contributed by atoms with E-state index in [4.69, 9.17) is 10.5 Å². The Morgan fingerprint density at radius 2 is 2.12 bits per heavy atom. The minimum absolute atomic E-state index is 0.397. The van der Waals surface area contributed by atoms with E-state index in [1.54, 1.807) is 4.68 Å². The molecule has 126 valence electrons. The van der Waals surface area contributed by atoms with Crippen molar-refractivity contribution >= 4 is 11.9 Å². The third-order valence-corrected chi connectivity index (χ3v) is 4.02. The number of hydrogen-bond acceptors (Lipinski definition) is 5. The van der Waals surface area contributed by atoms with Gasteiger partial charge in [0.25, 0.3) is 0 Å². The Labute approximate surface area is 140 Å². The number of carbonyl (C=O) groups excluding carboxylic acids is 1. The van der Waals surface area contributed by atoms with Crippen LogP contribution < -0.4 is 15.8 Å². The largest absolute Gasteiger partial charge is 0.494 e. The third-order valence-electron chi connectivity index (χ3n) is 4.02. The van der Waals surface area contributed by atoms with Crippen LogP contribution >= 0.6 is 0 Å². The Morgan fingerprint density at radius 3 is 2.79 bits per heavy atom. The van der Waals surface area contributed by atoms with Crippen molar-refractivity contribution in [3.05, 3.63) is 47.4 Å². The number of unbranched alkanes of at least 4 members (excludes halogenated alkanes) is 1. The maximum Gasteiger partial charge on any atom is 0.248 e. The summed E-state index contributed by atoms with van der Waals surface area (Å²) in [6.07, 6.45) is 3.56. The fourth-order valence-electron chi connectivity index (χ4n) is 2.80. The van der Waals surface area contributed by atoms with Gasteiger partial charge in [-0.25, -0.2) is 4.68 Å². The van der Waals surface area contributed by atoms with Crippen molar-refractivity contribution in [3.63, 3.8) is 0 Å². The highest BCUT2D eigenvalue weighted by Crippen LogP contribution is 2.34. The molecular weight excluding hydrogens is 306 g/mol. The van der Waals surface area contributed by atoms with Gasteiger partial charge in [0.1, 0.15) is 18.1 Å². The highest BCUT2D eigenvalue weighted by molar-refractivity contribution is 5.95. The van der Waals surface area contributed by atoms with Crippen molar-refractivity contribution in [2.75, 3.05) is 11.9 Å². The lowest BCUT2D eigenvalue weighted by Gasteiger charge is -2.27. The summed E-state index contributed by atoms with van der Waals surface area (Å²) in [5.74, 6) is 0.918. The van der Waals surface area contributed by atoms with Gasteiger partial charge < -0.3 is 15.8 Å². The molecule has 0 saturated carbocycles. The van der Waals surface area contributed by atoms with Gasteiger partial charge in [-0.15, -0.1) is 0 Å². The van der Waals surface area contributed by atoms with Crippen LogP contribution in [0.2, 0.25) is 0 Å². The van der Waals surface area contributed by atoms with Gasteiger partial charge in [0.15, 0.2) is 0 Å². The van der Waals surface area contributed by atoms with Gasteiger partial charge in [0, 0.05) is 5.70 Å². The molecule has 1 aliphatic heterocycles. The molecule has 2 aromatic rings. The lowest BCUT2D eigenvalue weighted by Crippen LogP contribution is -2.31. The second-order valence-electron chi connectivity index (χ2n) is 5.73. The van der Waals surface area contributed by atoms with Gasteiger partial charge >= 0.3 is 0 Å². The number of primary amides is 1. The summed E-state index contributed by atoms with van der Waals surface area (Å²) in [5.41, 5.74) is 7.67. The maximum atomic E-state index is 12.0. The van der Waals surface area contributed by atoms with Gasteiger partial charge in [0.2, 0.25) is 11.9 Å². The van der Waals surface area contributed by atoms with E-state index in [1.807, 2.05) is 31.2 Å². The Bertz CT molecular complexity index is 764. The molecule has 3 rings (SSSR count). The van der Waals surface area contributed by atoms with E-state index in [9.17, 15) is 4.79 Å². The molecule has 7 nitrogen and oxygen atoms in total. The van der Waals surface area contributed by atoms with E-state index >= 15 is 0 Å². The van der Waals surface area contributed by atoms with E-state index in [0.717, 1.165) is 24.2 Å². The molecule has 7 heteroatoms. The molecule has 0 aliphatic carbocycles. The smallest absolute Gasteiger partial charge is 0.248 e. The lowest BCUT2D eigenvalue weighted by molar-refractivity contribution is -0.115. The monoisotopic (exact) mass is 327 g/mol. The van der Waals surface area contributed by atoms with Crippen molar-refractivity contribution in [3.8, 4) is 5.75 Å². The first-order chi connectivity index (χ1) is 11.6. The lowest BCUT2D eigenvalue weighted by atomic mass is 9.95. The van der Waals surface area contributed by atoms with Crippen LogP contribution in [0.25, 0.3) is 0 Å². The summed E-state index contributed by atoms with van der Waals surface area (Å²) in [4.78, 5) is 16.1. The van der Waals surface area contributed by atoms with Crippen LogP contribution in [0.1, 0.15) is 38.3 Å². The summed E-state index contributed by atoms with van der Waals surface area (Å²) in [6.45, 7) is 4.63. The molecule has 0 radical (unpaired) electrons. The number of amides is 1. The van der Waals surface area contributed by atoms with Crippen molar-refractivity contribution in [1.29, 1.82) is 0 Å². The van der Waals surface area contributed by atoms with Gasteiger partial charge in [0.05, 0.1) is 12.2 Å². The van der Waals surface area contributed by atoms with Crippen LogP contribution in [-0.2, 0) is 4.79 Å². The molecule has 0 spiro atoms. The Kier molecular flexibility index (Phi) is 4.50. The number of ether oxygens (including phenoxy) is 1. The molecule has 2 heterocycles. The number of aromatic nitrogens is 3. The van der Waals surface area contributed by atoms with Crippen molar-refractivity contribution in [1.82, 2.24) is 14.8 Å². The molecule has 0 bridgehead atoms. The third kappa shape index (κ3) is 2.97. The predicted octanol–water partition coefficient (Wildman–Crippen LogP) is 2.23. The molecule has 1 aliphatic rings. The number of anilines is 1. The second kappa shape index (κ2) is 6.74. The minimum Gasteiger partial charge on any atom is -0.494 e. The zero-order chi connectivity index (χ0) is 17.1. The van der Waals surface area contributed by atoms with Crippen molar-refractivity contribution in [2.45, 2.75) is 32.7 Å². The maximum absolute atomic E-state index is 12.0. The average molecular weight is 327 g/mol. The molecule has 0 fully saturated rings. The molecule has 24 heavy (non-hydrogen) atoms. The standard InChI is InChI=1S/C17H21N5O2/c1-3-4-9-24-13-7-5-12(6-8-13)15-14(16(18)23)11(2)21-17-19-10-20-22(15)17/h5-8,10,15H,3-4,9H2,1-2H3,(H2,18,23)(H,19,20,21). The van der Waals surface area contributed by atoms with Crippen LogP contribution in [0.4, 0.5) is 5.95 Å². The Balaban J connectivity index is 1.93. The number of rotatable bonds is 6. The highest BCUT2D eigenvalue weighted by Gasteiger charge is 2.32. The van der Waals surface area contributed by atoms with E-state index < -0.39 is 11.9 Å². The average Bonchev–Trinajstić information content (AvgIpc) is 3.02. The fraction of sp³-hybridized carbons (Fsp3) is 0.353. The number of allylic oxidation sites excluding steroid dienone is 1. The quantitative estimate of drug-likeness (QED) is 0.793. The van der Waals surface area contributed by atoms with Crippen molar-refractivity contribution in [2.24, 2.45) is 5.73 Å². The van der Waals surface area contributed by atoms with E-state index in [-0.39, 0.29) is 0 Å². The SMILES string of the molecule is CCCCOc1ccc(C2C(C(N)=O)=C(C)Nc3ncnn32)cc1. The number of nitrogens with one attached hydrogen (secondary N) is 1. The number of hydrogen-bond donors (Lipinski definition) is 2. The zero-order valence-corrected chi connectivity index (χ0v) is 13.8. The van der Waals surface area contributed by atoms with E-state index in [2.05, 4.69) is 22.3 Å². The number of nitrogens with zero attached hydrogens (tertiary/aromatic N) is 3. The van der Waals surface area contributed by atoms with Gasteiger partial charge in [-0.2, -0.15) is 10.1 Å². The minimum atomic E-state index is -0.477. The van der Waals surface area contributed by atoms with Crippen LogP contribution in [0.15, 0.2) is 41.9 Å². The Morgan fingerprint density at radius 1 is 1.38 bits per heavy atom. The molecular formula is C17H21N5O2. The van der Waals surface area contributed by atoms with Crippen LogP contribution in [-0.4, -0.2) is 27.3 Å². The summed E-state index contributed by atoms with van der Waals surface area (Å²) in [6, 6.07) is 7.26. The number of benzene rings is 1. The van der Waals surface area contributed by atoms with Crippen molar-refractivity contribution < 1.29 is 9.53 Å². The normalized spacial score (nSPS) is 16.5. The van der Waals surface area contributed by atoms with E-state index in [1.165, 1.54) is 6.33 Å². The zero-order valence-electron chi connectivity index (χ0n) is 13.8. The van der Waals surface area contributed by atoms with Gasteiger partial charge in [-0.1, -0.05) is 25.5 Å². The molecule has 1 amide bonds. The molecule has 3 N–H and O–H groups in total. The highest BCUT2D eigenvalue weighted by atomic mass is 16.5. The van der Waals surface area contributed by atoms with Crippen LogP contribution in [0, 0.1) is 0 Å². The van der Waals surface area contributed by atoms with Crippen LogP contribution in [0.5, 0.6) is 5.75 Å². The molecule has 1 atom stereocenters. The molecule has 1 unspecified atom stereocenters. The van der Waals surface area contributed by atoms with Gasteiger partial charge in [-0.3, -0.25) is 4.79 Å². The molecule has 1 aromatic heterocycles. The first kappa shape index (κ1) is 16.0. The summed E-state index contributed by atoms with van der Waals surface area (Å²) >= 11 is 0. The number of fused-ring (bicyclic) bond motifs is 1. The first-order valence-electron chi connectivity index (χ1n) is 8.01. The predicted molar refractivity (Wildman–Crippen MR) is 90.5 cm³/mol. The topological polar surface area (TPSA) is 95.1 Å². The van der Waals surface area contributed by atoms with Gasteiger partial charge in [-0.05, 0) is 31.0 Å². The second-order valence-corrected chi connectivity index (χ2v) is 5.73. The fourth-order valence-corrected chi connectivity index (χ4v) is 2.80. The number of carbonyl (C=O) groups is 1. The summed E-state index contributed by atoms with van der Waals surface area (Å²) in [5, 5.41) is 7.29. The number of nitrogens with two attached hydrogens (primary N) is 1. The van der Waals surface area contributed by atoms with E-state index in [0.29, 0.717) is 23.8 Å². The summed E-state index contributed by atoms with van der Waals surface area (Å²) in [7, 11) is 0. The van der Waals surface area contributed by atoms with Crippen LogP contribution in [0.3, 0.4) is 0 Å².